The average Bonchev–Trinajstić information content (AvgIpc) is 2.31. The van der Waals surface area contributed by atoms with Gasteiger partial charge >= 0.3 is 5.97 Å². The maximum atomic E-state index is 10.7. The number of carbonyl (C=O) groups is 1. The van der Waals surface area contributed by atoms with Crippen LogP contribution in [0.3, 0.4) is 0 Å². The average molecular weight is 168 g/mol. The molecule has 3 heteroatoms. The molecule has 3 nitrogen and oxygen atoms in total. The fraction of sp³-hybridized carbons (Fsp3) is 0.444. The van der Waals surface area contributed by atoms with Crippen LogP contribution in [0, 0.1) is 0 Å². The van der Waals surface area contributed by atoms with Crippen LogP contribution < -0.4 is 0 Å². The molecule has 1 aliphatic heterocycles. The molecule has 1 aliphatic rings. The minimum atomic E-state index is -0.269. The van der Waals surface area contributed by atoms with E-state index in [1.165, 1.54) is 6.08 Å². The van der Waals surface area contributed by atoms with Gasteiger partial charge in [-0.3, -0.25) is 0 Å². The molecule has 0 amide bonds. The summed E-state index contributed by atoms with van der Waals surface area (Å²) in [5.41, 5.74) is 0.947. The Morgan fingerprint density at radius 3 is 2.92 bits per heavy atom. The van der Waals surface area contributed by atoms with Gasteiger partial charge in [0.05, 0.1) is 6.61 Å². The predicted molar refractivity (Wildman–Crippen MR) is 44.5 cm³/mol. The third-order valence-electron chi connectivity index (χ3n) is 1.73. The van der Waals surface area contributed by atoms with Crippen molar-refractivity contribution >= 4 is 5.97 Å². The molecule has 0 bridgehead atoms. The number of aliphatic hydroxyl groups excluding tert-OH is 1. The van der Waals surface area contributed by atoms with Gasteiger partial charge in [0.1, 0.15) is 6.10 Å². The van der Waals surface area contributed by atoms with Crippen LogP contribution >= 0.6 is 0 Å². The Hall–Kier alpha value is -1.09. The summed E-state index contributed by atoms with van der Waals surface area (Å²) in [6.45, 7) is 1.89. The number of ether oxygens (including phenoxy) is 1. The second-order valence-electron chi connectivity index (χ2n) is 2.70. The molecule has 66 valence electrons. The highest BCUT2D eigenvalue weighted by atomic mass is 16.5. The first kappa shape index (κ1) is 9.00. The summed E-state index contributed by atoms with van der Waals surface area (Å²) in [7, 11) is 0. The van der Waals surface area contributed by atoms with Crippen LogP contribution in [-0.4, -0.2) is 23.8 Å². The molecule has 12 heavy (non-hydrogen) atoms. The van der Waals surface area contributed by atoms with Gasteiger partial charge in [-0.15, -0.1) is 0 Å². The molecule has 1 unspecified atom stereocenters. The lowest BCUT2D eigenvalue weighted by Gasteiger charge is -2.07. The Kier molecular flexibility index (Phi) is 3.05. The highest BCUT2D eigenvalue weighted by Gasteiger charge is 2.20. The van der Waals surface area contributed by atoms with Gasteiger partial charge in [0, 0.05) is 12.5 Å². The van der Waals surface area contributed by atoms with E-state index in [4.69, 9.17) is 9.84 Å². The Morgan fingerprint density at radius 2 is 2.42 bits per heavy atom. The van der Waals surface area contributed by atoms with Gasteiger partial charge in [0.25, 0.3) is 0 Å². The van der Waals surface area contributed by atoms with E-state index >= 15 is 0 Å². The fourth-order valence-corrected chi connectivity index (χ4v) is 1.07. The summed E-state index contributed by atoms with van der Waals surface area (Å²) in [6.07, 6.45) is 5.46. The highest BCUT2D eigenvalue weighted by Crippen LogP contribution is 2.17. The Bertz CT molecular complexity index is 228. The van der Waals surface area contributed by atoms with E-state index in [0.717, 1.165) is 5.57 Å². The lowest BCUT2D eigenvalue weighted by atomic mass is 10.1. The Balaban J connectivity index is 2.40. The second-order valence-corrected chi connectivity index (χ2v) is 2.70. The van der Waals surface area contributed by atoms with E-state index in [9.17, 15) is 4.79 Å². The van der Waals surface area contributed by atoms with E-state index in [2.05, 4.69) is 0 Å². The first-order valence-electron chi connectivity index (χ1n) is 3.88. The zero-order chi connectivity index (χ0) is 8.97. The van der Waals surface area contributed by atoms with Crippen LogP contribution in [0.2, 0.25) is 0 Å². The molecular formula is C9H12O3. The van der Waals surface area contributed by atoms with Crippen molar-refractivity contribution in [3.63, 3.8) is 0 Å². The highest BCUT2D eigenvalue weighted by molar-refractivity contribution is 5.85. The van der Waals surface area contributed by atoms with Crippen LogP contribution in [0.25, 0.3) is 0 Å². The van der Waals surface area contributed by atoms with E-state index in [0.29, 0.717) is 6.42 Å². The molecule has 0 aromatic carbocycles. The largest absolute Gasteiger partial charge is 0.454 e. The molecule has 1 atom stereocenters. The third kappa shape index (κ3) is 2.20. The minimum absolute atomic E-state index is 0.0312. The molecule has 0 aromatic rings. The SMILES string of the molecule is CC1=CC(=O)OC1C/C=C/CO. The van der Waals surface area contributed by atoms with Gasteiger partial charge in [-0.2, -0.15) is 0 Å². The first-order valence-corrected chi connectivity index (χ1v) is 3.88. The molecule has 1 N–H and O–H groups in total. The van der Waals surface area contributed by atoms with Crippen molar-refractivity contribution in [2.45, 2.75) is 19.4 Å². The summed E-state index contributed by atoms with van der Waals surface area (Å²) in [4.78, 5) is 10.7. The number of hydrogen-bond donors (Lipinski definition) is 1. The summed E-state index contributed by atoms with van der Waals surface area (Å²) < 4.78 is 4.96. The van der Waals surface area contributed by atoms with Crippen LogP contribution in [0.5, 0.6) is 0 Å². The van der Waals surface area contributed by atoms with Gasteiger partial charge in [0.15, 0.2) is 0 Å². The van der Waals surface area contributed by atoms with Gasteiger partial charge in [-0.1, -0.05) is 12.2 Å². The van der Waals surface area contributed by atoms with E-state index in [1.807, 2.05) is 6.92 Å². The van der Waals surface area contributed by atoms with Crippen LogP contribution in [0.1, 0.15) is 13.3 Å². The van der Waals surface area contributed by atoms with E-state index in [-0.39, 0.29) is 18.7 Å². The monoisotopic (exact) mass is 168 g/mol. The molecule has 1 heterocycles. The van der Waals surface area contributed by atoms with Crippen molar-refractivity contribution in [3.05, 3.63) is 23.8 Å². The summed E-state index contributed by atoms with van der Waals surface area (Å²) in [6, 6.07) is 0. The van der Waals surface area contributed by atoms with Crippen molar-refractivity contribution in [3.8, 4) is 0 Å². The smallest absolute Gasteiger partial charge is 0.331 e. The predicted octanol–water partition coefficient (Wildman–Crippen LogP) is 0.797. The Labute approximate surface area is 71.3 Å². The van der Waals surface area contributed by atoms with Gasteiger partial charge in [-0.05, 0) is 12.5 Å². The van der Waals surface area contributed by atoms with Gasteiger partial charge < -0.3 is 9.84 Å². The van der Waals surface area contributed by atoms with Crippen molar-refractivity contribution in [1.82, 2.24) is 0 Å². The van der Waals surface area contributed by atoms with Gasteiger partial charge in [-0.25, -0.2) is 4.79 Å². The van der Waals surface area contributed by atoms with Crippen LogP contribution in [-0.2, 0) is 9.53 Å². The van der Waals surface area contributed by atoms with Crippen LogP contribution in [0.15, 0.2) is 23.8 Å². The number of esters is 1. The molecule has 0 saturated heterocycles. The Morgan fingerprint density at radius 1 is 1.67 bits per heavy atom. The zero-order valence-corrected chi connectivity index (χ0v) is 6.99. The second kappa shape index (κ2) is 4.07. The van der Waals surface area contributed by atoms with Crippen LogP contribution in [0.4, 0.5) is 0 Å². The molecule has 1 rings (SSSR count). The van der Waals surface area contributed by atoms with Gasteiger partial charge in [0.2, 0.25) is 0 Å². The van der Waals surface area contributed by atoms with Crippen molar-refractivity contribution in [2.75, 3.05) is 6.61 Å². The zero-order valence-electron chi connectivity index (χ0n) is 6.99. The van der Waals surface area contributed by atoms with Crippen molar-refractivity contribution in [2.24, 2.45) is 0 Å². The van der Waals surface area contributed by atoms with Crippen molar-refractivity contribution < 1.29 is 14.6 Å². The van der Waals surface area contributed by atoms with E-state index < -0.39 is 0 Å². The summed E-state index contributed by atoms with van der Waals surface area (Å²) >= 11 is 0. The molecule has 0 saturated carbocycles. The molecular weight excluding hydrogens is 156 g/mol. The topological polar surface area (TPSA) is 46.5 Å². The third-order valence-corrected chi connectivity index (χ3v) is 1.73. The van der Waals surface area contributed by atoms with Crippen molar-refractivity contribution in [1.29, 1.82) is 0 Å². The minimum Gasteiger partial charge on any atom is -0.454 e. The fourth-order valence-electron chi connectivity index (χ4n) is 1.07. The normalized spacial score (nSPS) is 23.0. The quantitative estimate of drug-likeness (QED) is 0.500. The maximum Gasteiger partial charge on any atom is 0.331 e. The lowest BCUT2D eigenvalue weighted by Crippen LogP contribution is -2.08. The lowest BCUT2D eigenvalue weighted by molar-refractivity contribution is -0.138. The van der Waals surface area contributed by atoms with E-state index in [1.54, 1.807) is 12.2 Å². The molecule has 0 aliphatic carbocycles. The summed E-state index contributed by atoms with van der Waals surface area (Å²) in [5, 5.41) is 8.45. The molecule has 0 radical (unpaired) electrons. The number of hydrogen-bond acceptors (Lipinski definition) is 3. The number of rotatable bonds is 3. The first-order chi connectivity index (χ1) is 5.74. The molecule has 0 spiro atoms. The molecule has 0 aromatic heterocycles. The number of cyclic esters (lactones) is 1. The maximum absolute atomic E-state index is 10.7. The molecule has 0 fully saturated rings. The standard InChI is InChI=1S/C9H12O3/c1-7-6-9(11)12-8(7)4-2-3-5-10/h2-3,6,8,10H,4-5H2,1H3/b3-2+. The summed E-state index contributed by atoms with van der Waals surface area (Å²) in [5.74, 6) is -0.269. The number of carbonyl (C=O) groups excluding carboxylic acids is 1. The number of aliphatic hydroxyl groups is 1.